The van der Waals surface area contributed by atoms with Gasteiger partial charge in [0.1, 0.15) is 0 Å². The molecule has 0 aromatic heterocycles. The number of fused-ring (bicyclic) bond motifs is 2. The Morgan fingerprint density at radius 3 is 2.61 bits per heavy atom. The van der Waals surface area contributed by atoms with E-state index in [4.69, 9.17) is 4.74 Å². The summed E-state index contributed by atoms with van der Waals surface area (Å²) in [7, 11) is 0. The number of hydrogen-bond donors (Lipinski definition) is 1. The van der Waals surface area contributed by atoms with Gasteiger partial charge >= 0.3 is 0 Å². The Kier molecular flexibility index (Phi) is 1.83. The average Bonchev–Trinajstić information content (AvgIpc) is 3.15. The number of ether oxygens (including phenoxy) is 1. The predicted molar refractivity (Wildman–Crippen MR) is 72.8 cm³/mol. The molecule has 18 heavy (non-hydrogen) atoms. The van der Waals surface area contributed by atoms with Crippen LogP contribution >= 0.6 is 0 Å². The minimum Gasteiger partial charge on any atom is -0.453 e. The fourth-order valence-electron chi connectivity index (χ4n) is 2.62. The van der Waals surface area contributed by atoms with E-state index >= 15 is 0 Å². The second kappa shape index (κ2) is 3.29. The van der Waals surface area contributed by atoms with Crippen molar-refractivity contribution in [3.8, 4) is 11.5 Å². The number of nitrogens with one attached hydrogen (secondary N) is 1. The Bertz CT molecular complexity index is 629. The number of rotatable bonds is 1. The summed E-state index contributed by atoms with van der Waals surface area (Å²) in [4.78, 5) is 0. The van der Waals surface area contributed by atoms with Crippen LogP contribution in [-0.4, -0.2) is 0 Å². The maximum absolute atomic E-state index is 5.98. The van der Waals surface area contributed by atoms with Crippen LogP contribution in [0.1, 0.15) is 25.3 Å². The smallest absolute Gasteiger partial charge is 0.151 e. The molecule has 1 aliphatic heterocycles. The minimum absolute atomic E-state index is 0.341. The van der Waals surface area contributed by atoms with Crippen LogP contribution in [0.4, 0.5) is 11.4 Å². The third kappa shape index (κ3) is 1.35. The minimum atomic E-state index is 0.341. The molecular weight excluding hydrogens is 222 g/mol. The molecule has 1 saturated carbocycles. The fraction of sp³-hybridized carbons (Fsp3) is 0.250. The van der Waals surface area contributed by atoms with E-state index in [1.807, 2.05) is 24.3 Å². The zero-order valence-corrected chi connectivity index (χ0v) is 10.4. The zero-order chi connectivity index (χ0) is 12.2. The molecule has 2 heteroatoms. The monoisotopic (exact) mass is 237 g/mol. The Balaban J connectivity index is 1.86. The summed E-state index contributed by atoms with van der Waals surface area (Å²) in [6.45, 7) is 2.32. The fourth-order valence-corrected chi connectivity index (χ4v) is 2.62. The van der Waals surface area contributed by atoms with Crippen LogP contribution in [0, 0.1) is 0 Å². The normalized spacial score (nSPS) is 18.1. The second-order valence-electron chi connectivity index (χ2n) is 5.46. The van der Waals surface area contributed by atoms with Crippen LogP contribution in [0.3, 0.4) is 0 Å². The van der Waals surface area contributed by atoms with Gasteiger partial charge in [0.05, 0.1) is 11.4 Å². The third-order valence-electron chi connectivity index (χ3n) is 4.04. The van der Waals surface area contributed by atoms with Crippen molar-refractivity contribution in [3.05, 3.63) is 48.0 Å². The SMILES string of the molecule is CC1(c2cccc3c2Nc2ccccc2O3)CC1. The molecule has 0 radical (unpaired) electrons. The lowest BCUT2D eigenvalue weighted by atomic mass is 9.95. The highest BCUT2D eigenvalue weighted by atomic mass is 16.5. The molecule has 2 aromatic rings. The van der Waals surface area contributed by atoms with Gasteiger partial charge in [-0.15, -0.1) is 0 Å². The summed E-state index contributed by atoms with van der Waals surface area (Å²) in [6, 6.07) is 14.4. The van der Waals surface area contributed by atoms with Crippen molar-refractivity contribution in [2.75, 3.05) is 5.32 Å². The molecular formula is C16H15NO. The molecule has 2 aliphatic rings. The molecule has 1 heterocycles. The van der Waals surface area contributed by atoms with E-state index < -0.39 is 0 Å². The summed E-state index contributed by atoms with van der Waals surface area (Å²) < 4.78 is 5.98. The van der Waals surface area contributed by atoms with Crippen molar-refractivity contribution in [1.82, 2.24) is 0 Å². The van der Waals surface area contributed by atoms with Crippen molar-refractivity contribution in [2.24, 2.45) is 0 Å². The standard InChI is InChI=1S/C16H15NO/c1-16(9-10-16)11-5-4-8-14-15(11)17-12-6-2-3-7-13(12)18-14/h2-8,17H,9-10H2,1H3. The number of hydrogen-bond acceptors (Lipinski definition) is 2. The van der Waals surface area contributed by atoms with E-state index in [0.29, 0.717) is 5.41 Å². The Labute approximate surface area is 107 Å². The second-order valence-corrected chi connectivity index (χ2v) is 5.46. The summed E-state index contributed by atoms with van der Waals surface area (Å²) in [5, 5.41) is 3.53. The summed E-state index contributed by atoms with van der Waals surface area (Å²) in [5.41, 5.74) is 3.93. The third-order valence-corrected chi connectivity index (χ3v) is 4.04. The number of benzene rings is 2. The highest BCUT2D eigenvalue weighted by Gasteiger charge is 2.41. The van der Waals surface area contributed by atoms with Gasteiger partial charge in [-0.25, -0.2) is 0 Å². The van der Waals surface area contributed by atoms with Gasteiger partial charge in [0, 0.05) is 0 Å². The molecule has 0 unspecified atom stereocenters. The predicted octanol–water partition coefficient (Wildman–Crippen LogP) is 4.59. The molecule has 4 rings (SSSR count). The number of anilines is 2. The van der Waals surface area contributed by atoms with Gasteiger partial charge in [0.2, 0.25) is 0 Å². The maximum atomic E-state index is 5.98. The first-order chi connectivity index (χ1) is 8.76. The lowest BCUT2D eigenvalue weighted by Crippen LogP contribution is -2.09. The van der Waals surface area contributed by atoms with Gasteiger partial charge in [0.25, 0.3) is 0 Å². The average molecular weight is 237 g/mol. The highest BCUT2D eigenvalue weighted by Crippen LogP contribution is 2.54. The molecule has 90 valence electrons. The van der Waals surface area contributed by atoms with Gasteiger partial charge in [-0.1, -0.05) is 31.2 Å². The summed E-state index contributed by atoms with van der Waals surface area (Å²) in [5.74, 6) is 1.85. The molecule has 0 bridgehead atoms. The van der Waals surface area contributed by atoms with E-state index in [-0.39, 0.29) is 0 Å². The van der Waals surface area contributed by atoms with E-state index in [2.05, 4.69) is 30.4 Å². The van der Waals surface area contributed by atoms with Crippen LogP contribution in [0.2, 0.25) is 0 Å². The molecule has 2 nitrogen and oxygen atoms in total. The Hall–Kier alpha value is -1.96. The first-order valence-corrected chi connectivity index (χ1v) is 6.44. The molecule has 0 amide bonds. The molecule has 1 aliphatic carbocycles. The van der Waals surface area contributed by atoms with Gasteiger partial charge in [-0.3, -0.25) is 0 Å². The Morgan fingerprint density at radius 1 is 1.00 bits per heavy atom. The molecule has 0 saturated heterocycles. The largest absolute Gasteiger partial charge is 0.453 e. The van der Waals surface area contributed by atoms with Crippen molar-refractivity contribution in [1.29, 1.82) is 0 Å². The quantitative estimate of drug-likeness (QED) is 0.668. The summed E-state index contributed by atoms with van der Waals surface area (Å²) in [6.07, 6.45) is 2.54. The van der Waals surface area contributed by atoms with Gasteiger partial charge < -0.3 is 10.1 Å². The van der Waals surface area contributed by atoms with Gasteiger partial charge in [0.15, 0.2) is 11.5 Å². The summed E-state index contributed by atoms with van der Waals surface area (Å²) >= 11 is 0. The van der Waals surface area contributed by atoms with Crippen LogP contribution in [-0.2, 0) is 5.41 Å². The maximum Gasteiger partial charge on any atom is 0.151 e. The Morgan fingerprint density at radius 2 is 1.78 bits per heavy atom. The van der Waals surface area contributed by atoms with Gasteiger partial charge in [-0.05, 0) is 42.0 Å². The van der Waals surface area contributed by atoms with Crippen LogP contribution in [0.5, 0.6) is 11.5 Å². The molecule has 2 aromatic carbocycles. The highest BCUT2D eigenvalue weighted by molar-refractivity contribution is 5.79. The van der Waals surface area contributed by atoms with Crippen LogP contribution in [0.15, 0.2) is 42.5 Å². The molecule has 1 fully saturated rings. The van der Waals surface area contributed by atoms with Crippen molar-refractivity contribution >= 4 is 11.4 Å². The molecule has 0 spiro atoms. The van der Waals surface area contributed by atoms with Crippen LogP contribution < -0.4 is 10.1 Å². The van der Waals surface area contributed by atoms with E-state index in [9.17, 15) is 0 Å². The van der Waals surface area contributed by atoms with E-state index in [0.717, 1.165) is 22.9 Å². The van der Waals surface area contributed by atoms with E-state index in [1.165, 1.54) is 18.4 Å². The first-order valence-electron chi connectivity index (χ1n) is 6.44. The zero-order valence-electron chi connectivity index (χ0n) is 10.4. The van der Waals surface area contributed by atoms with Gasteiger partial charge in [-0.2, -0.15) is 0 Å². The number of para-hydroxylation sites is 3. The van der Waals surface area contributed by atoms with Crippen LogP contribution in [0.25, 0.3) is 0 Å². The van der Waals surface area contributed by atoms with E-state index in [1.54, 1.807) is 0 Å². The first kappa shape index (κ1) is 10.0. The topological polar surface area (TPSA) is 21.3 Å². The lowest BCUT2D eigenvalue weighted by Gasteiger charge is -2.25. The van der Waals surface area contributed by atoms with Crippen molar-refractivity contribution < 1.29 is 4.74 Å². The molecule has 0 atom stereocenters. The van der Waals surface area contributed by atoms with Crippen molar-refractivity contribution in [2.45, 2.75) is 25.2 Å². The lowest BCUT2D eigenvalue weighted by molar-refractivity contribution is 0.479. The van der Waals surface area contributed by atoms with Crippen molar-refractivity contribution in [3.63, 3.8) is 0 Å². The molecule has 1 N–H and O–H groups in total.